The quantitative estimate of drug-likeness (QED) is 0.310. The van der Waals surface area contributed by atoms with Gasteiger partial charge in [-0.3, -0.25) is 15.5 Å². The summed E-state index contributed by atoms with van der Waals surface area (Å²) in [6, 6.07) is 12.3. The van der Waals surface area contributed by atoms with Gasteiger partial charge in [-0.15, -0.1) is 0 Å². The van der Waals surface area contributed by atoms with E-state index in [2.05, 4.69) is 15.8 Å². The summed E-state index contributed by atoms with van der Waals surface area (Å²) < 4.78 is 11.0. The second-order valence-corrected chi connectivity index (χ2v) is 5.74. The summed E-state index contributed by atoms with van der Waals surface area (Å²) in [7, 11) is 1.42. The Morgan fingerprint density at radius 1 is 1.33 bits per heavy atom. The van der Waals surface area contributed by atoms with Crippen LogP contribution in [0.25, 0.3) is 0 Å². The highest BCUT2D eigenvalue weighted by Gasteiger charge is 2.22. The predicted molar refractivity (Wildman–Crippen MR) is 107 cm³/mol. The Morgan fingerprint density at radius 3 is 2.70 bits per heavy atom. The molecule has 0 saturated heterocycles. The molecule has 0 aliphatic rings. The standard InChI is InChI=1S/C18H20N4O4S/c1-3-19-18(27)21-20-11-14-9-15(22(23)24)17(16(10-14)25-2)26-12-13-7-5-4-6-8-13/h4-11H,3,12H2,1-2H3,(H2,19,21,27)/b20-11+. The van der Waals surface area contributed by atoms with Gasteiger partial charge in [0.05, 0.1) is 18.2 Å². The van der Waals surface area contributed by atoms with Crippen molar-refractivity contribution in [3.63, 3.8) is 0 Å². The normalized spacial score (nSPS) is 10.4. The van der Waals surface area contributed by atoms with Gasteiger partial charge in [0.25, 0.3) is 0 Å². The molecule has 0 aliphatic carbocycles. The molecule has 8 nitrogen and oxygen atoms in total. The Morgan fingerprint density at radius 2 is 2.07 bits per heavy atom. The van der Waals surface area contributed by atoms with E-state index in [4.69, 9.17) is 21.7 Å². The summed E-state index contributed by atoms with van der Waals surface area (Å²) in [5.74, 6) is 0.315. The fraction of sp³-hybridized carbons (Fsp3) is 0.222. The third-order valence-corrected chi connectivity index (χ3v) is 3.65. The second kappa shape index (κ2) is 10.1. The number of ether oxygens (including phenoxy) is 2. The van der Waals surface area contributed by atoms with Gasteiger partial charge in [0.15, 0.2) is 10.9 Å². The van der Waals surface area contributed by atoms with Crippen molar-refractivity contribution in [2.75, 3.05) is 13.7 Å². The van der Waals surface area contributed by atoms with Crippen molar-refractivity contribution in [1.29, 1.82) is 0 Å². The largest absolute Gasteiger partial charge is 0.493 e. The van der Waals surface area contributed by atoms with Crippen molar-refractivity contribution in [2.45, 2.75) is 13.5 Å². The molecule has 0 heterocycles. The minimum absolute atomic E-state index is 0.0691. The SMILES string of the molecule is CCNC(=S)N/N=C/c1cc(OC)c(OCc2ccccc2)c([N+](=O)[O-])c1. The van der Waals surface area contributed by atoms with Crippen LogP contribution in [0.4, 0.5) is 5.69 Å². The number of rotatable bonds is 8. The van der Waals surface area contributed by atoms with Gasteiger partial charge in [-0.2, -0.15) is 5.10 Å². The van der Waals surface area contributed by atoms with E-state index in [1.54, 1.807) is 6.07 Å². The molecule has 27 heavy (non-hydrogen) atoms. The molecule has 0 bridgehead atoms. The first-order valence-corrected chi connectivity index (χ1v) is 8.56. The molecule has 0 spiro atoms. The highest BCUT2D eigenvalue weighted by molar-refractivity contribution is 7.80. The Balaban J connectivity index is 2.24. The number of thiocarbonyl (C=S) groups is 1. The van der Waals surface area contributed by atoms with E-state index in [1.165, 1.54) is 19.4 Å². The fourth-order valence-electron chi connectivity index (χ4n) is 2.21. The van der Waals surface area contributed by atoms with Gasteiger partial charge in [-0.05, 0) is 30.8 Å². The summed E-state index contributed by atoms with van der Waals surface area (Å²) in [5, 5.41) is 18.7. The molecule has 0 saturated carbocycles. The summed E-state index contributed by atoms with van der Waals surface area (Å²) in [6.07, 6.45) is 1.42. The monoisotopic (exact) mass is 388 g/mol. The first kappa shape index (κ1) is 20.1. The first-order valence-electron chi connectivity index (χ1n) is 8.15. The Labute approximate surface area is 162 Å². The minimum atomic E-state index is -0.517. The number of methoxy groups -OCH3 is 1. The summed E-state index contributed by atoms with van der Waals surface area (Å²) >= 11 is 5.00. The Kier molecular flexibility index (Phi) is 7.50. The van der Waals surface area contributed by atoms with Crippen LogP contribution in [0, 0.1) is 10.1 Å². The third kappa shape index (κ3) is 5.93. The Hall–Kier alpha value is -3.20. The van der Waals surface area contributed by atoms with Crippen LogP contribution >= 0.6 is 12.2 Å². The van der Waals surface area contributed by atoms with E-state index in [0.29, 0.717) is 17.2 Å². The lowest BCUT2D eigenvalue weighted by molar-refractivity contribution is -0.386. The van der Waals surface area contributed by atoms with E-state index in [-0.39, 0.29) is 23.8 Å². The van der Waals surface area contributed by atoms with Crippen molar-refractivity contribution >= 4 is 29.2 Å². The average molecular weight is 388 g/mol. The molecule has 2 N–H and O–H groups in total. The molecule has 0 aliphatic heterocycles. The molecule has 9 heteroatoms. The van der Waals surface area contributed by atoms with E-state index in [1.807, 2.05) is 37.3 Å². The molecule has 0 amide bonds. The van der Waals surface area contributed by atoms with Crippen LogP contribution in [-0.4, -0.2) is 29.9 Å². The van der Waals surface area contributed by atoms with Crippen molar-refractivity contribution < 1.29 is 14.4 Å². The van der Waals surface area contributed by atoms with Gasteiger partial charge in [0, 0.05) is 18.2 Å². The lowest BCUT2D eigenvalue weighted by Crippen LogP contribution is -2.31. The highest BCUT2D eigenvalue weighted by atomic mass is 32.1. The zero-order valence-corrected chi connectivity index (χ0v) is 15.8. The fourth-order valence-corrected chi connectivity index (χ4v) is 2.41. The number of hydrazone groups is 1. The van der Waals surface area contributed by atoms with Crippen molar-refractivity contribution in [1.82, 2.24) is 10.7 Å². The molecule has 0 aromatic heterocycles. The van der Waals surface area contributed by atoms with Gasteiger partial charge in [0.1, 0.15) is 6.61 Å². The summed E-state index contributed by atoms with van der Waals surface area (Å²) in [5.41, 5.74) is 3.78. The third-order valence-electron chi connectivity index (χ3n) is 3.42. The number of nitrogens with one attached hydrogen (secondary N) is 2. The second-order valence-electron chi connectivity index (χ2n) is 5.33. The van der Waals surface area contributed by atoms with Crippen LogP contribution < -0.4 is 20.2 Å². The van der Waals surface area contributed by atoms with E-state index in [9.17, 15) is 10.1 Å². The molecule has 2 aromatic carbocycles. The number of hydrogen-bond donors (Lipinski definition) is 2. The zero-order valence-electron chi connectivity index (χ0n) is 15.0. The smallest absolute Gasteiger partial charge is 0.315 e. The number of nitrogens with zero attached hydrogens (tertiary/aromatic N) is 2. The van der Waals surface area contributed by atoms with Crippen molar-refractivity contribution in [3.05, 3.63) is 63.7 Å². The van der Waals surface area contributed by atoms with Crippen molar-refractivity contribution in [3.8, 4) is 11.5 Å². The van der Waals surface area contributed by atoms with Gasteiger partial charge in [-0.25, -0.2) is 0 Å². The molecule has 0 fully saturated rings. The maximum absolute atomic E-state index is 11.5. The molecule has 142 valence electrons. The minimum Gasteiger partial charge on any atom is -0.493 e. The molecule has 2 rings (SSSR count). The molecule has 0 atom stereocenters. The van der Waals surface area contributed by atoms with Crippen LogP contribution in [0.2, 0.25) is 0 Å². The summed E-state index contributed by atoms with van der Waals surface area (Å²) in [4.78, 5) is 11.0. The average Bonchev–Trinajstić information content (AvgIpc) is 2.67. The molecule has 0 radical (unpaired) electrons. The number of nitro benzene ring substituents is 1. The van der Waals surface area contributed by atoms with Crippen molar-refractivity contribution in [2.24, 2.45) is 5.10 Å². The van der Waals surface area contributed by atoms with E-state index < -0.39 is 4.92 Å². The van der Waals surface area contributed by atoms with Crippen LogP contribution in [0.5, 0.6) is 11.5 Å². The zero-order chi connectivity index (χ0) is 19.6. The number of nitro groups is 1. The van der Waals surface area contributed by atoms with E-state index >= 15 is 0 Å². The van der Waals surface area contributed by atoms with E-state index in [0.717, 1.165) is 5.56 Å². The van der Waals surface area contributed by atoms with Crippen LogP contribution in [0.1, 0.15) is 18.1 Å². The lowest BCUT2D eigenvalue weighted by atomic mass is 10.1. The number of hydrogen-bond acceptors (Lipinski definition) is 6. The maximum Gasteiger partial charge on any atom is 0.315 e. The summed E-state index contributed by atoms with van der Waals surface area (Å²) in [6.45, 7) is 2.75. The van der Waals surface area contributed by atoms with Crippen LogP contribution in [0.3, 0.4) is 0 Å². The van der Waals surface area contributed by atoms with Gasteiger partial charge in [-0.1, -0.05) is 30.3 Å². The maximum atomic E-state index is 11.5. The highest BCUT2D eigenvalue weighted by Crippen LogP contribution is 2.38. The molecule has 2 aromatic rings. The molecular formula is C18H20N4O4S. The van der Waals surface area contributed by atoms with Crippen LogP contribution in [-0.2, 0) is 6.61 Å². The number of benzene rings is 2. The Bertz CT molecular complexity index is 828. The predicted octanol–water partition coefficient (Wildman–Crippen LogP) is 3.00. The molecular weight excluding hydrogens is 368 g/mol. The van der Waals surface area contributed by atoms with Gasteiger partial charge in [0.2, 0.25) is 5.75 Å². The topological polar surface area (TPSA) is 98.0 Å². The first-order chi connectivity index (χ1) is 13.0. The van der Waals surface area contributed by atoms with Gasteiger partial charge >= 0.3 is 5.69 Å². The van der Waals surface area contributed by atoms with Crippen LogP contribution in [0.15, 0.2) is 47.6 Å². The molecule has 0 unspecified atom stereocenters. The van der Waals surface area contributed by atoms with Gasteiger partial charge < -0.3 is 14.8 Å². The lowest BCUT2D eigenvalue weighted by Gasteiger charge is -2.12.